The minimum atomic E-state index is 0.541. The van der Waals surface area contributed by atoms with E-state index in [0.29, 0.717) is 5.92 Å². The summed E-state index contributed by atoms with van der Waals surface area (Å²) in [7, 11) is 0. The molecule has 2 heterocycles. The standard InChI is InChI=1S/C17H26N4/c1-3-4-5-13-6-8-14(9-7-13)17-20-19-16-12(2)10-15(18)11-21(16)17/h10-11,13-14H,3-9,18H2,1-2H3. The number of aromatic nitrogens is 3. The van der Waals surface area contributed by atoms with Crippen LogP contribution < -0.4 is 5.73 Å². The molecule has 2 aromatic heterocycles. The van der Waals surface area contributed by atoms with Crippen molar-refractivity contribution in [2.75, 3.05) is 5.73 Å². The number of unbranched alkanes of at least 4 members (excludes halogenated alkanes) is 1. The molecule has 0 spiro atoms. The number of aryl methyl sites for hydroxylation is 1. The summed E-state index contributed by atoms with van der Waals surface area (Å²) in [6.45, 7) is 4.33. The molecule has 1 fully saturated rings. The Labute approximate surface area is 126 Å². The number of hydrogen-bond acceptors (Lipinski definition) is 3. The molecule has 0 bridgehead atoms. The fourth-order valence-electron chi connectivity index (χ4n) is 3.68. The maximum atomic E-state index is 5.98. The van der Waals surface area contributed by atoms with Gasteiger partial charge in [-0.3, -0.25) is 4.40 Å². The van der Waals surface area contributed by atoms with Gasteiger partial charge in [-0.05, 0) is 50.2 Å². The molecule has 21 heavy (non-hydrogen) atoms. The topological polar surface area (TPSA) is 56.2 Å². The van der Waals surface area contributed by atoms with Crippen LogP contribution in [0.2, 0.25) is 0 Å². The number of nitrogens with two attached hydrogens (primary N) is 1. The van der Waals surface area contributed by atoms with Crippen LogP contribution in [0.3, 0.4) is 0 Å². The highest BCUT2D eigenvalue weighted by Gasteiger charge is 2.25. The smallest absolute Gasteiger partial charge is 0.163 e. The lowest BCUT2D eigenvalue weighted by molar-refractivity contribution is 0.298. The second-order valence-electron chi connectivity index (χ2n) is 6.57. The molecular weight excluding hydrogens is 260 g/mol. The molecule has 2 N–H and O–H groups in total. The average Bonchev–Trinajstić information content (AvgIpc) is 2.89. The Morgan fingerprint density at radius 1 is 1.24 bits per heavy atom. The number of rotatable bonds is 4. The minimum Gasteiger partial charge on any atom is -0.398 e. The number of pyridine rings is 1. The molecule has 4 heteroatoms. The lowest BCUT2D eigenvalue weighted by atomic mass is 9.79. The number of anilines is 1. The Kier molecular flexibility index (Phi) is 4.13. The van der Waals surface area contributed by atoms with Gasteiger partial charge in [0.2, 0.25) is 0 Å². The SMILES string of the molecule is CCCCC1CCC(c2nnc3c(C)cc(N)cn23)CC1. The third-order valence-corrected chi connectivity index (χ3v) is 4.91. The number of nitrogen functional groups attached to an aromatic ring is 1. The van der Waals surface area contributed by atoms with Crippen LogP contribution in [-0.4, -0.2) is 14.6 Å². The zero-order chi connectivity index (χ0) is 14.8. The molecule has 4 nitrogen and oxygen atoms in total. The lowest BCUT2D eigenvalue weighted by Crippen LogP contribution is -2.15. The Balaban J connectivity index is 1.77. The Bertz CT molecular complexity index is 609. The highest BCUT2D eigenvalue weighted by molar-refractivity contribution is 5.54. The van der Waals surface area contributed by atoms with Crippen LogP contribution in [0.1, 0.15) is 69.2 Å². The predicted molar refractivity (Wildman–Crippen MR) is 86.4 cm³/mol. The summed E-state index contributed by atoms with van der Waals surface area (Å²) in [5.74, 6) is 2.57. The molecule has 2 aromatic rings. The van der Waals surface area contributed by atoms with E-state index in [1.165, 1.54) is 44.9 Å². The number of hydrogen-bond donors (Lipinski definition) is 1. The molecule has 0 aromatic carbocycles. The van der Waals surface area contributed by atoms with E-state index in [1.54, 1.807) is 0 Å². The largest absolute Gasteiger partial charge is 0.398 e. The van der Waals surface area contributed by atoms with Crippen LogP contribution in [0.4, 0.5) is 5.69 Å². The van der Waals surface area contributed by atoms with Crippen molar-refractivity contribution in [2.45, 2.75) is 64.7 Å². The van der Waals surface area contributed by atoms with Crippen LogP contribution in [0.5, 0.6) is 0 Å². The molecule has 0 radical (unpaired) electrons. The fourth-order valence-corrected chi connectivity index (χ4v) is 3.68. The van der Waals surface area contributed by atoms with Crippen LogP contribution >= 0.6 is 0 Å². The molecule has 1 saturated carbocycles. The molecule has 1 aliphatic carbocycles. The van der Waals surface area contributed by atoms with Crippen LogP contribution in [-0.2, 0) is 0 Å². The first kappa shape index (κ1) is 14.4. The van der Waals surface area contributed by atoms with Crippen molar-refractivity contribution in [3.63, 3.8) is 0 Å². The number of nitrogens with zero attached hydrogens (tertiary/aromatic N) is 3. The van der Waals surface area contributed by atoms with Gasteiger partial charge in [0, 0.05) is 17.8 Å². The predicted octanol–water partition coefficient (Wildman–Crippen LogP) is 4.08. The van der Waals surface area contributed by atoms with Crippen LogP contribution in [0.25, 0.3) is 5.65 Å². The summed E-state index contributed by atoms with van der Waals surface area (Å²) in [5.41, 5.74) is 8.83. The monoisotopic (exact) mass is 286 g/mol. The van der Waals surface area contributed by atoms with Gasteiger partial charge in [-0.1, -0.05) is 26.2 Å². The zero-order valence-corrected chi connectivity index (χ0v) is 13.2. The van der Waals surface area contributed by atoms with Crippen molar-refractivity contribution < 1.29 is 0 Å². The van der Waals surface area contributed by atoms with E-state index in [1.807, 2.05) is 19.2 Å². The first-order valence-corrected chi connectivity index (χ1v) is 8.29. The Hall–Kier alpha value is -1.58. The molecule has 0 saturated heterocycles. The first-order chi connectivity index (χ1) is 10.2. The van der Waals surface area contributed by atoms with Gasteiger partial charge in [0.1, 0.15) is 5.82 Å². The highest BCUT2D eigenvalue weighted by Crippen LogP contribution is 2.37. The van der Waals surface area contributed by atoms with E-state index in [9.17, 15) is 0 Å². The van der Waals surface area contributed by atoms with Crippen LogP contribution in [0.15, 0.2) is 12.3 Å². The molecule has 114 valence electrons. The average molecular weight is 286 g/mol. The van der Waals surface area contributed by atoms with Gasteiger partial charge in [-0.25, -0.2) is 0 Å². The summed E-state index contributed by atoms with van der Waals surface area (Å²) in [4.78, 5) is 0. The maximum absolute atomic E-state index is 5.98. The molecular formula is C17H26N4. The van der Waals surface area contributed by atoms with Crippen molar-refractivity contribution in [3.05, 3.63) is 23.7 Å². The second-order valence-corrected chi connectivity index (χ2v) is 6.57. The van der Waals surface area contributed by atoms with E-state index in [4.69, 9.17) is 5.73 Å². The summed E-state index contributed by atoms with van der Waals surface area (Å²) in [6.07, 6.45) is 11.2. The Morgan fingerprint density at radius 3 is 2.71 bits per heavy atom. The molecule has 1 aliphatic rings. The van der Waals surface area contributed by atoms with Gasteiger partial charge >= 0.3 is 0 Å². The van der Waals surface area contributed by atoms with Crippen molar-refractivity contribution in [1.82, 2.24) is 14.6 Å². The van der Waals surface area contributed by atoms with E-state index >= 15 is 0 Å². The normalized spacial score (nSPS) is 22.8. The minimum absolute atomic E-state index is 0.541. The quantitative estimate of drug-likeness (QED) is 0.921. The third-order valence-electron chi connectivity index (χ3n) is 4.91. The van der Waals surface area contributed by atoms with Crippen molar-refractivity contribution in [3.8, 4) is 0 Å². The second kappa shape index (κ2) is 6.04. The molecule has 3 rings (SSSR count). The third kappa shape index (κ3) is 2.89. The van der Waals surface area contributed by atoms with E-state index < -0.39 is 0 Å². The summed E-state index contributed by atoms with van der Waals surface area (Å²) < 4.78 is 2.11. The van der Waals surface area contributed by atoms with Gasteiger partial charge in [0.25, 0.3) is 0 Å². The lowest BCUT2D eigenvalue weighted by Gasteiger charge is -2.27. The van der Waals surface area contributed by atoms with Gasteiger partial charge < -0.3 is 5.73 Å². The van der Waals surface area contributed by atoms with Crippen molar-refractivity contribution in [1.29, 1.82) is 0 Å². The van der Waals surface area contributed by atoms with Gasteiger partial charge in [0.05, 0.1) is 0 Å². The van der Waals surface area contributed by atoms with Crippen molar-refractivity contribution in [2.24, 2.45) is 5.92 Å². The van der Waals surface area contributed by atoms with Gasteiger partial charge in [-0.15, -0.1) is 10.2 Å². The number of fused-ring (bicyclic) bond motifs is 1. The first-order valence-electron chi connectivity index (χ1n) is 8.29. The van der Waals surface area contributed by atoms with E-state index in [0.717, 1.165) is 28.6 Å². The van der Waals surface area contributed by atoms with Crippen LogP contribution in [0, 0.1) is 12.8 Å². The van der Waals surface area contributed by atoms with Crippen molar-refractivity contribution >= 4 is 11.3 Å². The summed E-state index contributed by atoms with van der Waals surface area (Å²) >= 11 is 0. The molecule has 0 aliphatic heterocycles. The van der Waals surface area contributed by atoms with E-state index in [-0.39, 0.29) is 0 Å². The summed E-state index contributed by atoms with van der Waals surface area (Å²) in [6, 6.07) is 1.97. The maximum Gasteiger partial charge on any atom is 0.163 e. The Morgan fingerprint density at radius 2 is 2.00 bits per heavy atom. The zero-order valence-electron chi connectivity index (χ0n) is 13.2. The molecule has 0 atom stereocenters. The van der Waals surface area contributed by atoms with E-state index in [2.05, 4.69) is 21.5 Å². The highest BCUT2D eigenvalue weighted by atomic mass is 15.2. The molecule has 0 amide bonds. The van der Waals surface area contributed by atoms with Gasteiger partial charge in [0.15, 0.2) is 5.65 Å². The fraction of sp³-hybridized carbons (Fsp3) is 0.647. The summed E-state index contributed by atoms with van der Waals surface area (Å²) in [5, 5.41) is 8.83. The van der Waals surface area contributed by atoms with Gasteiger partial charge in [-0.2, -0.15) is 0 Å². The molecule has 0 unspecified atom stereocenters.